The van der Waals surface area contributed by atoms with E-state index in [-0.39, 0.29) is 17.3 Å². The van der Waals surface area contributed by atoms with Crippen molar-refractivity contribution in [2.75, 3.05) is 0 Å². The lowest BCUT2D eigenvalue weighted by Crippen LogP contribution is -2.12. The second-order valence-electron chi connectivity index (χ2n) is 6.35. The van der Waals surface area contributed by atoms with Crippen LogP contribution in [0.1, 0.15) is 40.4 Å². The van der Waals surface area contributed by atoms with Gasteiger partial charge in [0.05, 0.1) is 4.92 Å². The van der Waals surface area contributed by atoms with Crippen LogP contribution >= 0.6 is 0 Å². The van der Waals surface area contributed by atoms with Crippen molar-refractivity contribution in [3.05, 3.63) is 74.7 Å². The second-order valence-corrected chi connectivity index (χ2v) is 6.35. The molecule has 0 aliphatic rings. The number of nitrogens with zero attached hydrogens (tertiary/aromatic N) is 3. The minimum Gasteiger partial charge on any atom is -0.449 e. The molecule has 0 radical (unpaired) electrons. The standard InChI is InChI=1S/C19H15F2N3O5/c1-9-4-5-12(7-15(9)20)17-22-18(29-23-17)11(3)28-19(25)14-8-13(24(26)27)6-10(2)16(14)21/h4-8,11H,1-3H3/t11-/m1/s1. The van der Waals surface area contributed by atoms with Gasteiger partial charge >= 0.3 is 5.97 Å². The van der Waals surface area contributed by atoms with Crippen molar-refractivity contribution in [1.82, 2.24) is 10.1 Å². The number of non-ortho nitro benzene ring substituents is 1. The first-order valence-corrected chi connectivity index (χ1v) is 8.43. The maximum absolute atomic E-state index is 14.2. The number of nitro benzene ring substituents is 1. The Morgan fingerprint density at radius 1 is 1.21 bits per heavy atom. The number of halogens is 2. The van der Waals surface area contributed by atoms with Crippen LogP contribution in [0.2, 0.25) is 0 Å². The van der Waals surface area contributed by atoms with E-state index in [1.807, 2.05) is 0 Å². The molecule has 0 unspecified atom stereocenters. The Kier molecular flexibility index (Phi) is 5.35. The van der Waals surface area contributed by atoms with Gasteiger partial charge in [-0.15, -0.1) is 0 Å². The van der Waals surface area contributed by atoms with E-state index in [0.29, 0.717) is 11.1 Å². The minimum atomic E-state index is -1.12. The Bertz CT molecular complexity index is 1110. The van der Waals surface area contributed by atoms with Crippen molar-refractivity contribution < 1.29 is 27.8 Å². The molecule has 3 aromatic rings. The fourth-order valence-electron chi connectivity index (χ4n) is 2.53. The van der Waals surface area contributed by atoms with E-state index in [1.54, 1.807) is 19.1 Å². The second kappa shape index (κ2) is 7.74. The van der Waals surface area contributed by atoms with Crippen molar-refractivity contribution in [1.29, 1.82) is 0 Å². The average molecular weight is 403 g/mol. The normalized spacial score (nSPS) is 11.9. The van der Waals surface area contributed by atoms with Crippen LogP contribution in [0.15, 0.2) is 34.9 Å². The van der Waals surface area contributed by atoms with Gasteiger partial charge in [0.15, 0.2) is 6.10 Å². The number of ether oxygens (including phenoxy) is 1. The molecule has 10 heteroatoms. The molecular formula is C19H15F2N3O5. The molecule has 0 aliphatic heterocycles. The predicted molar refractivity (Wildman–Crippen MR) is 96.1 cm³/mol. The van der Waals surface area contributed by atoms with Gasteiger partial charge in [-0.3, -0.25) is 10.1 Å². The van der Waals surface area contributed by atoms with Crippen molar-refractivity contribution in [2.24, 2.45) is 0 Å². The highest BCUT2D eigenvalue weighted by Crippen LogP contribution is 2.26. The topological polar surface area (TPSA) is 108 Å². The molecule has 29 heavy (non-hydrogen) atoms. The molecule has 0 saturated carbocycles. The van der Waals surface area contributed by atoms with Crippen LogP contribution in [0.5, 0.6) is 0 Å². The van der Waals surface area contributed by atoms with Crippen molar-refractivity contribution in [3.63, 3.8) is 0 Å². The summed E-state index contributed by atoms with van der Waals surface area (Å²) in [4.78, 5) is 26.6. The fraction of sp³-hybridized carbons (Fsp3) is 0.211. The summed E-state index contributed by atoms with van der Waals surface area (Å²) in [5, 5.41) is 14.7. The maximum Gasteiger partial charge on any atom is 0.342 e. The van der Waals surface area contributed by atoms with Crippen LogP contribution in [0, 0.1) is 35.6 Å². The first-order valence-electron chi connectivity index (χ1n) is 8.43. The minimum absolute atomic E-state index is 0.0692. The van der Waals surface area contributed by atoms with Crippen LogP contribution < -0.4 is 0 Å². The lowest BCUT2D eigenvalue weighted by molar-refractivity contribution is -0.385. The first-order chi connectivity index (χ1) is 13.7. The van der Waals surface area contributed by atoms with E-state index < -0.39 is 39.9 Å². The van der Waals surface area contributed by atoms with Gasteiger partial charge < -0.3 is 9.26 Å². The zero-order valence-electron chi connectivity index (χ0n) is 15.6. The molecule has 0 N–H and O–H groups in total. The molecule has 0 saturated heterocycles. The van der Waals surface area contributed by atoms with Gasteiger partial charge in [0.2, 0.25) is 5.82 Å². The van der Waals surface area contributed by atoms with Crippen LogP contribution in [0.3, 0.4) is 0 Å². The SMILES string of the molecule is Cc1ccc(-c2noc([C@@H](C)OC(=O)c3cc([N+](=O)[O-])cc(C)c3F)n2)cc1F. The van der Waals surface area contributed by atoms with Gasteiger partial charge in [0.1, 0.15) is 17.2 Å². The van der Waals surface area contributed by atoms with Crippen molar-refractivity contribution >= 4 is 11.7 Å². The van der Waals surface area contributed by atoms with E-state index >= 15 is 0 Å². The summed E-state index contributed by atoms with van der Waals surface area (Å²) in [6.45, 7) is 4.32. The maximum atomic E-state index is 14.2. The summed E-state index contributed by atoms with van der Waals surface area (Å²) in [6.07, 6.45) is -1.07. The molecular weight excluding hydrogens is 388 g/mol. The van der Waals surface area contributed by atoms with E-state index in [2.05, 4.69) is 10.1 Å². The Labute approximate surface area is 163 Å². The molecule has 3 rings (SSSR count). The number of benzene rings is 2. The molecule has 8 nitrogen and oxygen atoms in total. The van der Waals surface area contributed by atoms with Crippen molar-refractivity contribution in [3.8, 4) is 11.4 Å². The molecule has 0 aliphatic carbocycles. The lowest BCUT2D eigenvalue weighted by atomic mass is 10.1. The number of esters is 1. The third kappa shape index (κ3) is 4.10. The highest BCUT2D eigenvalue weighted by molar-refractivity contribution is 5.91. The fourth-order valence-corrected chi connectivity index (χ4v) is 2.53. The number of hydrogen-bond donors (Lipinski definition) is 0. The Morgan fingerprint density at radius 3 is 2.59 bits per heavy atom. The molecule has 0 spiro atoms. The Morgan fingerprint density at radius 2 is 1.93 bits per heavy atom. The highest BCUT2D eigenvalue weighted by Gasteiger charge is 2.25. The van der Waals surface area contributed by atoms with Crippen molar-refractivity contribution in [2.45, 2.75) is 26.9 Å². The zero-order valence-corrected chi connectivity index (χ0v) is 15.6. The highest BCUT2D eigenvalue weighted by atomic mass is 19.1. The van der Waals surface area contributed by atoms with Gasteiger partial charge in [0, 0.05) is 17.7 Å². The summed E-state index contributed by atoms with van der Waals surface area (Å²) in [6, 6.07) is 6.21. The molecule has 2 aromatic carbocycles. The zero-order chi connectivity index (χ0) is 21.3. The quantitative estimate of drug-likeness (QED) is 0.351. The predicted octanol–water partition coefficient (Wildman–Crippen LogP) is 4.46. The average Bonchev–Trinajstić information content (AvgIpc) is 3.16. The number of aromatic nitrogens is 2. The molecule has 0 fully saturated rings. The Balaban J connectivity index is 1.81. The van der Waals surface area contributed by atoms with Gasteiger partial charge in [-0.2, -0.15) is 4.98 Å². The van der Waals surface area contributed by atoms with E-state index in [1.165, 1.54) is 19.9 Å². The summed E-state index contributed by atoms with van der Waals surface area (Å²) in [7, 11) is 0. The van der Waals surface area contributed by atoms with Gasteiger partial charge in [-0.25, -0.2) is 13.6 Å². The Hall–Kier alpha value is -3.69. The first kappa shape index (κ1) is 20.1. The van der Waals surface area contributed by atoms with E-state index in [4.69, 9.17) is 9.26 Å². The molecule has 150 valence electrons. The number of aryl methyl sites for hydroxylation is 2. The monoisotopic (exact) mass is 403 g/mol. The third-order valence-corrected chi connectivity index (χ3v) is 4.17. The number of carbonyl (C=O) groups is 1. The largest absolute Gasteiger partial charge is 0.449 e. The summed E-state index contributed by atoms with van der Waals surface area (Å²) in [5.41, 5.74) is -0.273. The third-order valence-electron chi connectivity index (χ3n) is 4.17. The van der Waals surface area contributed by atoms with Crippen LogP contribution in [0.4, 0.5) is 14.5 Å². The van der Waals surface area contributed by atoms with Crippen LogP contribution in [0.25, 0.3) is 11.4 Å². The molecule has 0 bridgehead atoms. The smallest absolute Gasteiger partial charge is 0.342 e. The number of carbonyl (C=O) groups excluding carboxylic acids is 1. The summed E-state index contributed by atoms with van der Waals surface area (Å²) < 4.78 is 38.1. The van der Waals surface area contributed by atoms with Crippen LogP contribution in [-0.4, -0.2) is 21.0 Å². The molecule has 0 amide bonds. The summed E-state index contributed by atoms with van der Waals surface area (Å²) in [5.74, 6) is -2.50. The van der Waals surface area contributed by atoms with Crippen LogP contribution in [-0.2, 0) is 4.74 Å². The van der Waals surface area contributed by atoms with Gasteiger partial charge in [-0.1, -0.05) is 17.3 Å². The van der Waals surface area contributed by atoms with Gasteiger partial charge in [0.25, 0.3) is 11.6 Å². The number of rotatable bonds is 5. The molecule has 1 atom stereocenters. The molecule has 1 aromatic heterocycles. The van der Waals surface area contributed by atoms with E-state index in [0.717, 1.165) is 12.1 Å². The molecule has 1 heterocycles. The number of hydrogen-bond acceptors (Lipinski definition) is 7. The number of nitro groups is 1. The summed E-state index contributed by atoms with van der Waals surface area (Å²) >= 11 is 0. The van der Waals surface area contributed by atoms with Gasteiger partial charge in [-0.05, 0) is 38.0 Å². The lowest BCUT2D eigenvalue weighted by Gasteiger charge is -2.10. The van der Waals surface area contributed by atoms with E-state index in [9.17, 15) is 23.7 Å².